The van der Waals surface area contributed by atoms with Gasteiger partial charge in [0.2, 0.25) is 0 Å². The monoisotopic (exact) mass is 334 g/mol. The second kappa shape index (κ2) is 6.83. The maximum atomic E-state index is 6.11. The zero-order chi connectivity index (χ0) is 17.3. The van der Waals surface area contributed by atoms with E-state index in [1.54, 1.807) is 0 Å². The van der Waals surface area contributed by atoms with Crippen LogP contribution in [0.2, 0.25) is 5.02 Å². The molecule has 3 aromatic carbocycles. The van der Waals surface area contributed by atoms with Crippen LogP contribution >= 0.6 is 11.6 Å². The Morgan fingerprint density at radius 1 is 0.542 bits per heavy atom. The van der Waals surface area contributed by atoms with E-state index in [1.165, 1.54) is 38.9 Å². The van der Waals surface area contributed by atoms with Crippen molar-refractivity contribution < 1.29 is 0 Å². The van der Waals surface area contributed by atoms with Crippen molar-refractivity contribution in [1.82, 2.24) is 0 Å². The van der Waals surface area contributed by atoms with Gasteiger partial charge >= 0.3 is 0 Å². The molecule has 0 unspecified atom stereocenters. The highest BCUT2D eigenvalue weighted by molar-refractivity contribution is 6.30. The lowest BCUT2D eigenvalue weighted by Gasteiger charge is -2.21. The minimum atomic E-state index is 0.222. The molecule has 3 aromatic rings. The van der Waals surface area contributed by atoms with E-state index in [0.717, 1.165) is 5.02 Å². The fourth-order valence-electron chi connectivity index (χ4n) is 3.59. The number of rotatable bonds is 3. The first-order valence-electron chi connectivity index (χ1n) is 8.34. The Hall–Kier alpha value is -2.05. The Morgan fingerprint density at radius 2 is 0.917 bits per heavy atom. The van der Waals surface area contributed by atoms with Gasteiger partial charge in [0.05, 0.1) is 0 Å². The third-order valence-corrected chi connectivity index (χ3v) is 4.61. The first kappa shape index (κ1) is 16.8. The second-order valence-corrected chi connectivity index (χ2v) is 7.26. The van der Waals surface area contributed by atoms with Gasteiger partial charge in [-0.15, -0.1) is 0 Å². The van der Waals surface area contributed by atoms with Gasteiger partial charge in [-0.05, 0) is 56.5 Å². The van der Waals surface area contributed by atoms with Gasteiger partial charge in [-0.1, -0.05) is 82.4 Å². The molecule has 0 radical (unpaired) electrons. The van der Waals surface area contributed by atoms with Gasteiger partial charge in [0.15, 0.2) is 0 Å². The molecular formula is C23H23Cl. The van der Waals surface area contributed by atoms with Crippen molar-refractivity contribution in [3.05, 3.63) is 105 Å². The number of hydrogen-bond donors (Lipinski definition) is 0. The van der Waals surface area contributed by atoms with Gasteiger partial charge in [-0.25, -0.2) is 0 Å². The first-order valence-corrected chi connectivity index (χ1v) is 8.72. The highest BCUT2D eigenvalue weighted by Gasteiger charge is 2.18. The molecule has 0 aliphatic carbocycles. The van der Waals surface area contributed by atoms with E-state index in [1.807, 2.05) is 12.1 Å². The lowest BCUT2D eigenvalue weighted by Crippen LogP contribution is -2.05. The van der Waals surface area contributed by atoms with Crippen LogP contribution in [0.25, 0.3) is 0 Å². The second-order valence-electron chi connectivity index (χ2n) is 6.83. The van der Waals surface area contributed by atoms with E-state index < -0.39 is 0 Å². The van der Waals surface area contributed by atoms with E-state index in [-0.39, 0.29) is 5.92 Å². The molecule has 3 rings (SSSR count). The molecule has 0 bridgehead atoms. The fraction of sp³-hybridized carbons (Fsp3) is 0.217. The molecule has 24 heavy (non-hydrogen) atoms. The molecule has 0 fully saturated rings. The molecule has 0 aliphatic rings. The highest BCUT2D eigenvalue weighted by Crippen LogP contribution is 2.34. The van der Waals surface area contributed by atoms with Crippen molar-refractivity contribution >= 4 is 11.6 Å². The van der Waals surface area contributed by atoms with E-state index in [4.69, 9.17) is 11.6 Å². The number of hydrogen-bond acceptors (Lipinski definition) is 0. The molecular weight excluding hydrogens is 312 g/mol. The molecule has 0 aromatic heterocycles. The van der Waals surface area contributed by atoms with Crippen LogP contribution in [0.15, 0.2) is 60.7 Å². The highest BCUT2D eigenvalue weighted by atomic mass is 35.5. The predicted molar refractivity (Wildman–Crippen MR) is 104 cm³/mol. The standard InChI is InChI=1S/C23H23Cl/c1-15-9-16(2)12-20(11-15)23(19-5-7-22(24)8-6-19)21-13-17(3)10-18(4)14-21/h5-14,23H,1-4H3. The van der Waals surface area contributed by atoms with Crippen molar-refractivity contribution in [2.45, 2.75) is 33.6 Å². The molecule has 0 saturated carbocycles. The Morgan fingerprint density at radius 3 is 1.29 bits per heavy atom. The van der Waals surface area contributed by atoms with Crippen molar-refractivity contribution in [2.24, 2.45) is 0 Å². The summed E-state index contributed by atoms with van der Waals surface area (Å²) in [5.74, 6) is 0.222. The molecule has 0 heterocycles. The number of aryl methyl sites for hydroxylation is 4. The molecule has 122 valence electrons. The van der Waals surface area contributed by atoms with Crippen LogP contribution in [0.3, 0.4) is 0 Å². The van der Waals surface area contributed by atoms with E-state index in [0.29, 0.717) is 0 Å². The van der Waals surface area contributed by atoms with Crippen LogP contribution < -0.4 is 0 Å². The van der Waals surface area contributed by atoms with Gasteiger partial charge in [-0.3, -0.25) is 0 Å². The maximum absolute atomic E-state index is 6.11. The minimum Gasteiger partial charge on any atom is -0.0843 e. The Labute approximate surface area is 150 Å². The summed E-state index contributed by atoms with van der Waals surface area (Å²) in [5, 5.41) is 0.776. The third kappa shape index (κ3) is 3.71. The SMILES string of the molecule is Cc1cc(C)cc(C(c2ccc(Cl)cc2)c2cc(C)cc(C)c2)c1. The number of benzene rings is 3. The zero-order valence-electron chi connectivity index (χ0n) is 14.7. The largest absolute Gasteiger partial charge is 0.0843 e. The lowest BCUT2D eigenvalue weighted by molar-refractivity contribution is 0.965. The minimum absolute atomic E-state index is 0.222. The molecule has 0 saturated heterocycles. The van der Waals surface area contributed by atoms with Gasteiger partial charge in [0, 0.05) is 10.9 Å². The van der Waals surface area contributed by atoms with Crippen LogP contribution in [0.1, 0.15) is 44.9 Å². The zero-order valence-corrected chi connectivity index (χ0v) is 15.5. The van der Waals surface area contributed by atoms with Crippen molar-refractivity contribution in [3.63, 3.8) is 0 Å². The van der Waals surface area contributed by atoms with Crippen molar-refractivity contribution in [3.8, 4) is 0 Å². The first-order chi connectivity index (χ1) is 11.4. The molecule has 1 heteroatoms. The molecule has 0 spiro atoms. The smallest absolute Gasteiger partial charge is 0.0406 e. The van der Waals surface area contributed by atoms with Crippen molar-refractivity contribution in [2.75, 3.05) is 0 Å². The van der Waals surface area contributed by atoms with Gasteiger partial charge in [0.25, 0.3) is 0 Å². The topological polar surface area (TPSA) is 0 Å². The lowest BCUT2D eigenvalue weighted by atomic mass is 9.83. The summed E-state index contributed by atoms with van der Waals surface area (Å²) in [6.07, 6.45) is 0. The Kier molecular flexibility index (Phi) is 4.78. The summed E-state index contributed by atoms with van der Waals surface area (Å²) in [6.45, 7) is 8.65. The summed E-state index contributed by atoms with van der Waals surface area (Å²) < 4.78 is 0. The average molecular weight is 335 g/mol. The fourth-order valence-corrected chi connectivity index (χ4v) is 3.71. The van der Waals surface area contributed by atoms with E-state index in [2.05, 4.69) is 76.2 Å². The molecule has 0 N–H and O–H groups in total. The van der Waals surface area contributed by atoms with Gasteiger partial charge in [0.1, 0.15) is 0 Å². The van der Waals surface area contributed by atoms with Crippen LogP contribution in [0.5, 0.6) is 0 Å². The van der Waals surface area contributed by atoms with Crippen LogP contribution in [0.4, 0.5) is 0 Å². The summed E-state index contributed by atoms with van der Waals surface area (Å²) in [6, 6.07) is 21.9. The van der Waals surface area contributed by atoms with Crippen LogP contribution in [-0.2, 0) is 0 Å². The molecule has 0 aliphatic heterocycles. The number of halogens is 1. The van der Waals surface area contributed by atoms with Crippen LogP contribution in [-0.4, -0.2) is 0 Å². The average Bonchev–Trinajstić information content (AvgIpc) is 2.47. The van der Waals surface area contributed by atoms with E-state index >= 15 is 0 Å². The predicted octanol–water partition coefficient (Wildman–Crippen LogP) is 6.75. The summed E-state index contributed by atoms with van der Waals surface area (Å²) in [7, 11) is 0. The normalized spacial score (nSPS) is 11.1. The van der Waals surface area contributed by atoms with Crippen molar-refractivity contribution in [1.29, 1.82) is 0 Å². The quantitative estimate of drug-likeness (QED) is 0.464. The molecule has 0 atom stereocenters. The van der Waals surface area contributed by atoms with E-state index in [9.17, 15) is 0 Å². The van der Waals surface area contributed by atoms with Gasteiger partial charge < -0.3 is 0 Å². The third-order valence-electron chi connectivity index (χ3n) is 4.36. The van der Waals surface area contributed by atoms with Crippen LogP contribution in [0, 0.1) is 27.7 Å². The molecule has 0 nitrogen and oxygen atoms in total. The maximum Gasteiger partial charge on any atom is 0.0406 e. The Bertz CT molecular complexity index is 768. The summed E-state index contributed by atoms with van der Waals surface area (Å²) in [4.78, 5) is 0. The Balaban J connectivity index is 2.21. The summed E-state index contributed by atoms with van der Waals surface area (Å²) >= 11 is 6.11. The summed E-state index contributed by atoms with van der Waals surface area (Å²) in [5.41, 5.74) is 9.14. The van der Waals surface area contributed by atoms with Gasteiger partial charge in [-0.2, -0.15) is 0 Å². The molecule has 0 amide bonds.